The number of carbonyl (C=O) groups is 2. The molecule has 1 atom stereocenters. The first kappa shape index (κ1) is 15.9. The van der Waals surface area contributed by atoms with E-state index in [9.17, 15) is 14.7 Å². The first-order chi connectivity index (χ1) is 11.5. The Labute approximate surface area is 139 Å². The van der Waals surface area contributed by atoms with Crippen LogP contribution in [-0.2, 0) is 16.0 Å². The molecule has 3 rings (SSSR count). The lowest BCUT2D eigenvalue weighted by atomic mass is 10.0. The van der Waals surface area contributed by atoms with Crippen LogP contribution in [0.3, 0.4) is 0 Å². The zero-order chi connectivity index (χ0) is 17.3. The minimum Gasteiger partial charge on any atom is -0.508 e. The highest BCUT2D eigenvalue weighted by atomic mass is 16.5. The van der Waals surface area contributed by atoms with Gasteiger partial charge in [-0.15, -0.1) is 0 Å². The average Bonchev–Trinajstić information content (AvgIpc) is 2.53. The zero-order valence-electron chi connectivity index (χ0n) is 13.2. The van der Waals surface area contributed by atoms with Gasteiger partial charge in [0.15, 0.2) is 6.10 Å². The number of rotatable bonds is 4. The van der Waals surface area contributed by atoms with Gasteiger partial charge < -0.3 is 15.6 Å². The zero-order valence-corrected chi connectivity index (χ0v) is 13.2. The molecule has 0 saturated carbocycles. The van der Waals surface area contributed by atoms with Crippen LogP contribution in [0.5, 0.6) is 11.5 Å². The van der Waals surface area contributed by atoms with E-state index < -0.39 is 12.0 Å². The first-order valence-corrected chi connectivity index (χ1v) is 7.59. The summed E-state index contributed by atoms with van der Waals surface area (Å²) in [7, 11) is 0. The van der Waals surface area contributed by atoms with Crippen molar-refractivity contribution >= 4 is 17.5 Å². The van der Waals surface area contributed by atoms with Crippen molar-refractivity contribution in [3.8, 4) is 11.5 Å². The van der Waals surface area contributed by atoms with Crippen LogP contribution in [0, 0.1) is 6.92 Å². The van der Waals surface area contributed by atoms with E-state index in [0.717, 1.165) is 11.1 Å². The number of phenols is 1. The normalized spacial score (nSPS) is 16.5. The maximum atomic E-state index is 12.8. The van der Waals surface area contributed by atoms with Gasteiger partial charge in [-0.3, -0.25) is 14.5 Å². The van der Waals surface area contributed by atoms with Gasteiger partial charge in [-0.05, 0) is 30.2 Å². The quantitative estimate of drug-likeness (QED) is 0.891. The monoisotopic (exact) mass is 326 g/mol. The minimum absolute atomic E-state index is 0.0167. The fraction of sp³-hybridized carbons (Fsp3) is 0.222. The largest absolute Gasteiger partial charge is 0.508 e. The number of amides is 2. The second-order valence-corrected chi connectivity index (χ2v) is 5.78. The molecule has 6 heteroatoms. The number of aryl methyl sites for hydroxylation is 1. The van der Waals surface area contributed by atoms with E-state index in [1.54, 1.807) is 6.07 Å². The van der Waals surface area contributed by atoms with Crippen molar-refractivity contribution in [1.29, 1.82) is 0 Å². The van der Waals surface area contributed by atoms with Gasteiger partial charge in [-0.1, -0.05) is 24.3 Å². The summed E-state index contributed by atoms with van der Waals surface area (Å²) in [6.07, 6.45) is -0.358. The van der Waals surface area contributed by atoms with Crippen molar-refractivity contribution in [2.24, 2.45) is 5.73 Å². The minimum atomic E-state index is -0.748. The van der Waals surface area contributed by atoms with Crippen LogP contribution in [0.2, 0.25) is 0 Å². The number of primary amides is 1. The molecular weight excluding hydrogens is 308 g/mol. The van der Waals surface area contributed by atoms with Gasteiger partial charge in [0, 0.05) is 12.5 Å². The molecule has 24 heavy (non-hydrogen) atoms. The summed E-state index contributed by atoms with van der Waals surface area (Å²) in [5.41, 5.74) is 7.67. The van der Waals surface area contributed by atoms with Crippen LogP contribution in [0.4, 0.5) is 5.69 Å². The third-order valence-corrected chi connectivity index (χ3v) is 4.02. The number of carbonyl (C=O) groups excluding carboxylic acids is 2. The van der Waals surface area contributed by atoms with Gasteiger partial charge in [0.2, 0.25) is 5.91 Å². The number of hydrogen-bond donors (Lipinski definition) is 2. The molecule has 1 aliphatic heterocycles. The molecule has 0 radical (unpaired) electrons. The molecule has 0 aliphatic carbocycles. The highest BCUT2D eigenvalue weighted by molar-refractivity contribution is 6.04. The number of phenolic OH excluding ortho intramolecular Hbond substituents is 1. The van der Waals surface area contributed by atoms with Gasteiger partial charge in [-0.25, -0.2) is 0 Å². The molecule has 3 N–H and O–H groups in total. The second kappa shape index (κ2) is 6.23. The maximum absolute atomic E-state index is 12.8. The van der Waals surface area contributed by atoms with E-state index in [0.29, 0.717) is 17.9 Å². The van der Waals surface area contributed by atoms with Crippen molar-refractivity contribution in [2.75, 3.05) is 11.4 Å². The van der Waals surface area contributed by atoms with Crippen molar-refractivity contribution in [3.05, 3.63) is 53.6 Å². The van der Waals surface area contributed by atoms with Crippen LogP contribution >= 0.6 is 0 Å². The molecule has 124 valence electrons. The lowest BCUT2D eigenvalue weighted by Crippen LogP contribution is -2.49. The van der Waals surface area contributed by atoms with Gasteiger partial charge >= 0.3 is 0 Å². The van der Waals surface area contributed by atoms with E-state index in [2.05, 4.69) is 0 Å². The summed E-state index contributed by atoms with van der Waals surface area (Å²) in [5.74, 6) is -0.562. The first-order valence-electron chi connectivity index (χ1n) is 7.59. The van der Waals surface area contributed by atoms with E-state index in [4.69, 9.17) is 10.5 Å². The summed E-state index contributed by atoms with van der Waals surface area (Å²) >= 11 is 0. The number of hydrogen-bond acceptors (Lipinski definition) is 4. The Morgan fingerprint density at radius 3 is 2.75 bits per heavy atom. The van der Waals surface area contributed by atoms with Gasteiger partial charge in [0.25, 0.3) is 5.91 Å². The Bertz CT molecular complexity index is 803. The Morgan fingerprint density at radius 2 is 2.04 bits per heavy atom. The average molecular weight is 326 g/mol. The van der Waals surface area contributed by atoms with E-state index in [1.807, 2.05) is 31.2 Å². The van der Waals surface area contributed by atoms with Crippen LogP contribution in [-0.4, -0.2) is 29.6 Å². The summed E-state index contributed by atoms with van der Waals surface area (Å²) < 4.78 is 5.82. The van der Waals surface area contributed by atoms with Gasteiger partial charge in [-0.2, -0.15) is 0 Å². The fourth-order valence-corrected chi connectivity index (χ4v) is 2.80. The molecule has 1 heterocycles. The number of nitrogens with zero attached hydrogens (tertiary/aromatic N) is 1. The van der Waals surface area contributed by atoms with E-state index in [-0.39, 0.29) is 18.2 Å². The van der Waals surface area contributed by atoms with Crippen molar-refractivity contribution in [3.63, 3.8) is 0 Å². The second-order valence-electron chi connectivity index (χ2n) is 5.78. The molecule has 1 aliphatic rings. The molecule has 2 amide bonds. The summed E-state index contributed by atoms with van der Waals surface area (Å²) in [6.45, 7) is 1.71. The smallest absolute Gasteiger partial charge is 0.268 e. The van der Waals surface area contributed by atoms with Gasteiger partial charge in [0.1, 0.15) is 18.0 Å². The van der Waals surface area contributed by atoms with Crippen molar-refractivity contribution in [2.45, 2.75) is 19.4 Å². The Balaban J connectivity index is 1.95. The fourth-order valence-electron chi connectivity index (χ4n) is 2.80. The van der Waals surface area contributed by atoms with Crippen LogP contribution in [0.15, 0.2) is 42.5 Å². The molecular formula is C18H18N2O4. The highest BCUT2D eigenvalue weighted by Gasteiger charge is 2.35. The topological polar surface area (TPSA) is 92.9 Å². The van der Waals surface area contributed by atoms with Crippen LogP contribution in [0.25, 0.3) is 0 Å². The standard InChI is InChI=1S/C18H18N2O4/c1-11-4-2-3-5-12(11)8-16-18(23)20(10-17(19)22)14-9-13(21)6-7-15(14)24-16/h2-7,9,16,21H,8,10H2,1H3,(H2,19,22). The molecule has 0 aromatic heterocycles. The van der Waals surface area contributed by atoms with E-state index >= 15 is 0 Å². The molecule has 1 unspecified atom stereocenters. The SMILES string of the molecule is Cc1ccccc1CC1Oc2ccc(O)cc2N(CC(N)=O)C1=O. The predicted octanol–water partition coefficient (Wildman–Crippen LogP) is 1.52. The van der Waals surface area contributed by atoms with Crippen molar-refractivity contribution in [1.82, 2.24) is 0 Å². The summed E-state index contributed by atoms with van der Waals surface area (Å²) in [5, 5.41) is 9.65. The molecule has 0 saturated heterocycles. The third kappa shape index (κ3) is 3.03. The predicted molar refractivity (Wildman–Crippen MR) is 89.0 cm³/mol. The lowest BCUT2D eigenvalue weighted by Gasteiger charge is -2.34. The van der Waals surface area contributed by atoms with Crippen LogP contribution in [0.1, 0.15) is 11.1 Å². The molecule has 2 aromatic rings. The van der Waals surface area contributed by atoms with Crippen molar-refractivity contribution < 1.29 is 19.4 Å². The number of aromatic hydroxyl groups is 1. The number of fused-ring (bicyclic) bond motifs is 1. The Hall–Kier alpha value is -3.02. The van der Waals surface area contributed by atoms with Gasteiger partial charge in [0.05, 0.1) is 5.69 Å². The molecule has 0 spiro atoms. The molecule has 6 nitrogen and oxygen atoms in total. The Kier molecular flexibility index (Phi) is 4.12. The van der Waals surface area contributed by atoms with E-state index in [1.165, 1.54) is 17.0 Å². The lowest BCUT2D eigenvalue weighted by molar-refractivity contribution is -0.128. The highest BCUT2D eigenvalue weighted by Crippen LogP contribution is 2.37. The maximum Gasteiger partial charge on any atom is 0.268 e. The van der Waals surface area contributed by atoms with Crippen LogP contribution < -0.4 is 15.4 Å². The number of nitrogens with two attached hydrogens (primary N) is 1. The molecule has 0 fully saturated rings. The number of ether oxygens (including phenoxy) is 1. The third-order valence-electron chi connectivity index (χ3n) is 4.02. The summed E-state index contributed by atoms with van der Waals surface area (Å²) in [6, 6.07) is 12.2. The number of anilines is 1. The Morgan fingerprint density at radius 1 is 1.29 bits per heavy atom. The molecule has 0 bridgehead atoms. The molecule has 2 aromatic carbocycles. The summed E-state index contributed by atoms with van der Waals surface area (Å²) in [4.78, 5) is 25.4. The number of benzene rings is 2.